The zero-order valence-corrected chi connectivity index (χ0v) is 11.6. The fourth-order valence-electron chi connectivity index (χ4n) is 4.06. The third-order valence-electron chi connectivity index (χ3n) is 4.81. The fourth-order valence-corrected chi connectivity index (χ4v) is 4.06. The molecule has 1 aromatic carbocycles. The molecule has 4 rings (SSSR count). The number of rotatable bonds is 1. The minimum Gasteiger partial charge on any atom is -0.399 e. The molecule has 1 aliphatic heterocycles. The third-order valence-corrected chi connectivity index (χ3v) is 4.81. The highest BCUT2D eigenvalue weighted by Gasteiger charge is 2.52. The molecule has 0 radical (unpaired) electrons. The smallest absolute Gasteiger partial charge is 0.0690 e. The predicted octanol–water partition coefficient (Wildman–Crippen LogP) is 2.19. The van der Waals surface area contributed by atoms with Crippen LogP contribution >= 0.6 is 0 Å². The van der Waals surface area contributed by atoms with Crippen molar-refractivity contribution in [2.75, 3.05) is 25.9 Å². The van der Waals surface area contributed by atoms with E-state index in [2.05, 4.69) is 29.6 Å². The summed E-state index contributed by atoms with van der Waals surface area (Å²) in [6.07, 6.45) is 2.55. The molecule has 1 spiro atoms. The van der Waals surface area contributed by atoms with E-state index < -0.39 is 0 Å². The van der Waals surface area contributed by atoms with E-state index in [0.29, 0.717) is 11.5 Å². The van der Waals surface area contributed by atoms with Crippen LogP contribution in [-0.4, -0.2) is 34.8 Å². The summed E-state index contributed by atoms with van der Waals surface area (Å²) in [5.74, 6) is 0. The lowest BCUT2D eigenvalue weighted by Crippen LogP contribution is -2.60. The molecule has 1 saturated heterocycles. The Morgan fingerprint density at radius 3 is 2.74 bits per heavy atom. The van der Waals surface area contributed by atoms with Crippen molar-refractivity contribution < 1.29 is 0 Å². The minimum absolute atomic E-state index is 0.577. The highest BCUT2D eigenvalue weighted by molar-refractivity contribution is 5.85. The van der Waals surface area contributed by atoms with Crippen molar-refractivity contribution in [3.05, 3.63) is 23.9 Å². The molecule has 2 aromatic rings. The number of benzene rings is 1. The Bertz CT molecular complexity index is 643. The van der Waals surface area contributed by atoms with Crippen molar-refractivity contribution in [3.63, 3.8) is 0 Å². The van der Waals surface area contributed by atoms with Gasteiger partial charge in [0.05, 0.1) is 17.3 Å². The van der Waals surface area contributed by atoms with Gasteiger partial charge in [0.1, 0.15) is 0 Å². The summed E-state index contributed by atoms with van der Waals surface area (Å²) < 4.78 is 2.23. The second-order valence-electron chi connectivity index (χ2n) is 6.54. The Labute approximate surface area is 113 Å². The molecule has 0 unspecified atom stereocenters. The van der Waals surface area contributed by atoms with Crippen LogP contribution in [-0.2, 0) is 0 Å². The van der Waals surface area contributed by atoms with Gasteiger partial charge < -0.3 is 10.6 Å². The van der Waals surface area contributed by atoms with E-state index in [9.17, 15) is 0 Å². The van der Waals surface area contributed by atoms with Crippen LogP contribution in [0.15, 0.2) is 18.2 Å². The van der Waals surface area contributed by atoms with Crippen molar-refractivity contribution in [2.24, 2.45) is 5.41 Å². The van der Waals surface area contributed by atoms with E-state index in [1.54, 1.807) is 0 Å². The number of hydrogen-bond donors (Lipinski definition) is 1. The molecule has 2 heterocycles. The Morgan fingerprint density at radius 2 is 2.05 bits per heavy atom. The third kappa shape index (κ3) is 1.53. The molecule has 4 heteroatoms. The van der Waals surface area contributed by atoms with Crippen LogP contribution in [0.3, 0.4) is 0 Å². The number of nitrogens with two attached hydrogens (primary N) is 1. The quantitative estimate of drug-likeness (QED) is 0.796. The van der Waals surface area contributed by atoms with Gasteiger partial charge in [0, 0.05) is 24.2 Å². The second kappa shape index (κ2) is 3.51. The summed E-state index contributed by atoms with van der Waals surface area (Å²) in [6, 6.07) is 6.71. The summed E-state index contributed by atoms with van der Waals surface area (Å²) in [6.45, 7) is 4.59. The SMILES string of the molecule is Cc1nn(C2CC3(C2)CN(C)C3)c2ccc(N)cc12. The van der Waals surface area contributed by atoms with Crippen molar-refractivity contribution in [2.45, 2.75) is 25.8 Å². The van der Waals surface area contributed by atoms with Crippen LogP contribution in [0.25, 0.3) is 10.9 Å². The standard InChI is InChI=1S/C15H20N4/c1-10-13-5-11(16)3-4-14(13)19(17-10)12-6-15(7-12)8-18(2)9-15/h3-5,12H,6-9,16H2,1-2H3. The van der Waals surface area contributed by atoms with E-state index >= 15 is 0 Å². The second-order valence-corrected chi connectivity index (χ2v) is 6.54. The zero-order chi connectivity index (χ0) is 13.2. The molecular formula is C15H20N4. The van der Waals surface area contributed by atoms with E-state index in [-0.39, 0.29) is 0 Å². The Balaban J connectivity index is 1.66. The first kappa shape index (κ1) is 11.3. The molecule has 100 valence electrons. The Morgan fingerprint density at radius 1 is 1.32 bits per heavy atom. The van der Waals surface area contributed by atoms with Gasteiger partial charge in [0.2, 0.25) is 0 Å². The molecule has 1 saturated carbocycles. The van der Waals surface area contributed by atoms with Gasteiger partial charge in [-0.05, 0) is 50.4 Å². The van der Waals surface area contributed by atoms with Crippen molar-refractivity contribution in [1.29, 1.82) is 0 Å². The zero-order valence-electron chi connectivity index (χ0n) is 11.6. The van der Waals surface area contributed by atoms with E-state index in [4.69, 9.17) is 10.8 Å². The first-order valence-corrected chi connectivity index (χ1v) is 6.99. The predicted molar refractivity (Wildman–Crippen MR) is 77.1 cm³/mol. The maximum atomic E-state index is 5.87. The average molecular weight is 256 g/mol. The number of aromatic nitrogens is 2. The normalized spacial score (nSPS) is 22.6. The van der Waals surface area contributed by atoms with E-state index in [0.717, 1.165) is 11.4 Å². The monoisotopic (exact) mass is 256 g/mol. The van der Waals surface area contributed by atoms with Crippen LogP contribution in [0.4, 0.5) is 5.69 Å². The van der Waals surface area contributed by atoms with E-state index in [1.807, 2.05) is 12.1 Å². The summed E-state index contributed by atoms with van der Waals surface area (Å²) in [5, 5.41) is 5.94. The molecular weight excluding hydrogens is 236 g/mol. The highest BCUT2D eigenvalue weighted by Crippen LogP contribution is 2.54. The minimum atomic E-state index is 0.577. The molecule has 2 N–H and O–H groups in total. The van der Waals surface area contributed by atoms with Crippen molar-refractivity contribution in [1.82, 2.24) is 14.7 Å². The van der Waals surface area contributed by atoms with Gasteiger partial charge in [-0.25, -0.2) is 0 Å². The number of aryl methyl sites for hydroxylation is 1. The average Bonchev–Trinajstić information content (AvgIpc) is 2.59. The van der Waals surface area contributed by atoms with Crippen LogP contribution in [0.1, 0.15) is 24.6 Å². The molecule has 1 aliphatic carbocycles. The summed E-state index contributed by atoms with van der Waals surface area (Å²) in [5.41, 5.74) is 9.61. The number of fused-ring (bicyclic) bond motifs is 1. The number of anilines is 1. The Hall–Kier alpha value is -1.55. The van der Waals surface area contributed by atoms with Gasteiger partial charge in [-0.15, -0.1) is 0 Å². The molecule has 2 aliphatic rings. The van der Waals surface area contributed by atoms with Crippen LogP contribution < -0.4 is 5.73 Å². The lowest BCUT2D eigenvalue weighted by molar-refractivity contribution is -0.0775. The largest absolute Gasteiger partial charge is 0.399 e. The highest BCUT2D eigenvalue weighted by atomic mass is 15.3. The molecule has 2 fully saturated rings. The topological polar surface area (TPSA) is 47.1 Å². The van der Waals surface area contributed by atoms with Crippen molar-refractivity contribution >= 4 is 16.6 Å². The first-order chi connectivity index (χ1) is 9.06. The van der Waals surface area contributed by atoms with Crippen molar-refractivity contribution in [3.8, 4) is 0 Å². The molecule has 0 atom stereocenters. The van der Waals surface area contributed by atoms with Gasteiger partial charge >= 0.3 is 0 Å². The number of nitrogens with zero attached hydrogens (tertiary/aromatic N) is 3. The maximum Gasteiger partial charge on any atom is 0.0690 e. The van der Waals surface area contributed by atoms with Gasteiger partial charge in [-0.3, -0.25) is 4.68 Å². The lowest BCUT2D eigenvalue weighted by atomic mass is 9.61. The van der Waals surface area contributed by atoms with Gasteiger partial charge in [0.25, 0.3) is 0 Å². The summed E-state index contributed by atoms with van der Waals surface area (Å²) in [7, 11) is 2.20. The first-order valence-electron chi connectivity index (χ1n) is 6.99. The van der Waals surface area contributed by atoms with Crippen LogP contribution in [0, 0.1) is 12.3 Å². The number of likely N-dealkylation sites (tertiary alicyclic amines) is 1. The Kier molecular flexibility index (Phi) is 2.09. The molecule has 0 amide bonds. The molecule has 19 heavy (non-hydrogen) atoms. The molecule has 0 bridgehead atoms. The van der Waals surface area contributed by atoms with Gasteiger partial charge in [-0.2, -0.15) is 5.10 Å². The number of nitrogen functional groups attached to an aromatic ring is 1. The van der Waals surface area contributed by atoms with Crippen LogP contribution in [0.2, 0.25) is 0 Å². The summed E-state index contributed by atoms with van der Waals surface area (Å²) in [4.78, 5) is 2.41. The van der Waals surface area contributed by atoms with Gasteiger partial charge in [0.15, 0.2) is 0 Å². The van der Waals surface area contributed by atoms with E-state index in [1.165, 1.54) is 36.8 Å². The molecule has 4 nitrogen and oxygen atoms in total. The summed E-state index contributed by atoms with van der Waals surface area (Å²) >= 11 is 0. The fraction of sp³-hybridized carbons (Fsp3) is 0.533. The number of hydrogen-bond acceptors (Lipinski definition) is 3. The molecule has 1 aromatic heterocycles. The lowest BCUT2D eigenvalue weighted by Gasteiger charge is -2.58. The van der Waals surface area contributed by atoms with Gasteiger partial charge in [-0.1, -0.05) is 0 Å². The maximum absolute atomic E-state index is 5.87. The van der Waals surface area contributed by atoms with Crippen LogP contribution in [0.5, 0.6) is 0 Å².